The van der Waals surface area contributed by atoms with Crippen LogP contribution in [0.4, 0.5) is 5.69 Å². The highest BCUT2D eigenvalue weighted by Crippen LogP contribution is 2.15. The average Bonchev–Trinajstić information content (AvgIpc) is 2.25. The van der Waals surface area contributed by atoms with Crippen LogP contribution < -0.4 is 5.32 Å². The summed E-state index contributed by atoms with van der Waals surface area (Å²) >= 11 is 0. The van der Waals surface area contributed by atoms with Gasteiger partial charge in [0.15, 0.2) is 0 Å². The summed E-state index contributed by atoms with van der Waals surface area (Å²) in [6.45, 7) is 5.75. The summed E-state index contributed by atoms with van der Waals surface area (Å²) in [5, 5.41) is 3.46. The molecule has 0 radical (unpaired) electrons. The molecule has 0 aliphatic carbocycles. The minimum Gasteiger partial charge on any atom is -0.376 e. The monoisotopic (exact) mass is 203 g/mol. The van der Waals surface area contributed by atoms with E-state index in [0.717, 1.165) is 18.9 Å². The molecule has 0 amide bonds. The van der Waals surface area contributed by atoms with Crippen LogP contribution in [0.5, 0.6) is 0 Å². The topological polar surface area (TPSA) is 21.3 Å². The second kappa shape index (κ2) is 4.49. The molecule has 1 aliphatic heterocycles. The summed E-state index contributed by atoms with van der Waals surface area (Å²) in [4.78, 5) is 0. The molecule has 1 unspecified atom stereocenters. The van der Waals surface area contributed by atoms with Gasteiger partial charge in [0.2, 0.25) is 0 Å². The van der Waals surface area contributed by atoms with Gasteiger partial charge in [-0.2, -0.15) is 0 Å². The van der Waals surface area contributed by atoms with E-state index in [2.05, 4.69) is 49.5 Å². The number of nitrogens with one attached hydrogen (secondary N) is 1. The molecule has 1 aromatic carbocycles. The van der Waals surface area contributed by atoms with Crippen LogP contribution in [0.3, 0.4) is 0 Å². The van der Waals surface area contributed by atoms with Crippen LogP contribution in [0.25, 0.3) is 0 Å². The Balaban J connectivity index is 2.05. The van der Waals surface area contributed by atoms with Gasteiger partial charge in [-0.25, -0.2) is 0 Å². The quantitative estimate of drug-likeness (QED) is 0.746. The van der Waals surface area contributed by atoms with Crippen LogP contribution in [0, 0.1) is 6.92 Å². The van der Waals surface area contributed by atoms with Crippen molar-refractivity contribution in [3.8, 4) is 0 Å². The van der Waals surface area contributed by atoms with Crippen molar-refractivity contribution in [1.29, 1.82) is 0 Å². The van der Waals surface area contributed by atoms with Gasteiger partial charge in [0.1, 0.15) is 0 Å². The molecule has 0 saturated heterocycles. The second-order valence-electron chi connectivity index (χ2n) is 4.05. The molecule has 2 nitrogen and oxygen atoms in total. The van der Waals surface area contributed by atoms with Gasteiger partial charge in [-0.1, -0.05) is 29.3 Å². The van der Waals surface area contributed by atoms with Crippen molar-refractivity contribution in [3.63, 3.8) is 0 Å². The zero-order valence-corrected chi connectivity index (χ0v) is 9.29. The van der Waals surface area contributed by atoms with Crippen LogP contribution in [0.2, 0.25) is 0 Å². The molecule has 15 heavy (non-hydrogen) atoms. The normalized spacial score (nSPS) is 20.9. The first-order valence-corrected chi connectivity index (χ1v) is 5.33. The zero-order chi connectivity index (χ0) is 10.7. The van der Waals surface area contributed by atoms with Crippen LogP contribution in [-0.2, 0) is 4.74 Å². The molecule has 1 heterocycles. The van der Waals surface area contributed by atoms with Gasteiger partial charge in [-0.05, 0) is 26.0 Å². The molecular weight excluding hydrogens is 186 g/mol. The molecule has 0 spiro atoms. The smallest absolute Gasteiger partial charge is 0.0710 e. The molecule has 2 heteroatoms. The van der Waals surface area contributed by atoms with E-state index < -0.39 is 0 Å². The van der Waals surface area contributed by atoms with Gasteiger partial charge in [0, 0.05) is 5.69 Å². The standard InChI is InChI=1S/C13H17NO/c1-10-3-5-12(6-4-10)14-13-9-15-8-7-11(13)2/h3-7,13-14H,8-9H2,1-2H3. The van der Waals surface area contributed by atoms with Crippen molar-refractivity contribution in [2.45, 2.75) is 19.9 Å². The third kappa shape index (κ3) is 2.60. The largest absolute Gasteiger partial charge is 0.376 e. The van der Waals surface area contributed by atoms with Crippen LogP contribution in [0.15, 0.2) is 35.9 Å². The summed E-state index contributed by atoms with van der Waals surface area (Å²) in [5.41, 5.74) is 3.80. The zero-order valence-electron chi connectivity index (χ0n) is 9.29. The molecule has 0 saturated carbocycles. The van der Waals surface area contributed by atoms with E-state index in [-0.39, 0.29) is 0 Å². The molecule has 0 fully saturated rings. The lowest BCUT2D eigenvalue weighted by Crippen LogP contribution is -2.30. The fourth-order valence-electron chi connectivity index (χ4n) is 1.66. The number of rotatable bonds is 2. The van der Waals surface area contributed by atoms with Crippen LogP contribution in [0.1, 0.15) is 12.5 Å². The minimum atomic E-state index is 0.321. The minimum absolute atomic E-state index is 0.321. The first kappa shape index (κ1) is 10.2. The van der Waals surface area contributed by atoms with Gasteiger partial charge in [0.25, 0.3) is 0 Å². The van der Waals surface area contributed by atoms with E-state index in [1.165, 1.54) is 11.1 Å². The Morgan fingerprint density at radius 1 is 1.20 bits per heavy atom. The summed E-state index contributed by atoms with van der Waals surface area (Å²) in [5.74, 6) is 0. The summed E-state index contributed by atoms with van der Waals surface area (Å²) < 4.78 is 5.41. The fraction of sp³-hybridized carbons (Fsp3) is 0.385. The number of anilines is 1. The van der Waals surface area contributed by atoms with Gasteiger partial charge < -0.3 is 10.1 Å². The molecular formula is C13H17NO. The molecule has 1 atom stereocenters. The van der Waals surface area contributed by atoms with E-state index in [0.29, 0.717) is 6.04 Å². The first-order chi connectivity index (χ1) is 7.25. The Morgan fingerprint density at radius 3 is 2.60 bits per heavy atom. The van der Waals surface area contributed by atoms with E-state index in [9.17, 15) is 0 Å². The summed E-state index contributed by atoms with van der Waals surface area (Å²) in [6.07, 6.45) is 2.13. The molecule has 0 aromatic heterocycles. The lowest BCUT2D eigenvalue weighted by Gasteiger charge is -2.24. The van der Waals surface area contributed by atoms with Crippen LogP contribution in [-0.4, -0.2) is 19.3 Å². The third-order valence-corrected chi connectivity index (χ3v) is 2.75. The predicted molar refractivity (Wildman–Crippen MR) is 63.2 cm³/mol. The van der Waals surface area contributed by atoms with Crippen molar-refractivity contribution in [3.05, 3.63) is 41.5 Å². The van der Waals surface area contributed by atoms with Crippen molar-refractivity contribution >= 4 is 5.69 Å². The van der Waals surface area contributed by atoms with Crippen molar-refractivity contribution in [1.82, 2.24) is 0 Å². The van der Waals surface area contributed by atoms with E-state index in [1.54, 1.807) is 0 Å². The summed E-state index contributed by atoms with van der Waals surface area (Å²) in [6, 6.07) is 8.77. The van der Waals surface area contributed by atoms with Crippen LogP contribution >= 0.6 is 0 Å². The van der Waals surface area contributed by atoms with E-state index >= 15 is 0 Å². The van der Waals surface area contributed by atoms with Crippen molar-refractivity contribution in [2.24, 2.45) is 0 Å². The highest BCUT2D eigenvalue weighted by molar-refractivity contribution is 5.47. The third-order valence-electron chi connectivity index (χ3n) is 2.75. The molecule has 0 bridgehead atoms. The van der Waals surface area contributed by atoms with Gasteiger partial charge in [0.05, 0.1) is 19.3 Å². The number of hydrogen-bond donors (Lipinski definition) is 1. The molecule has 2 rings (SSSR count). The molecule has 1 aromatic rings. The second-order valence-corrected chi connectivity index (χ2v) is 4.05. The lowest BCUT2D eigenvalue weighted by molar-refractivity contribution is 0.147. The van der Waals surface area contributed by atoms with Gasteiger partial charge in [-0.3, -0.25) is 0 Å². The molecule has 1 aliphatic rings. The number of aryl methyl sites for hydroxylation is 1. The summed E-state index contributed by atoms with van der Waals surface area (Å²) in [7, 11) is 0. The molecule has 80 valence electrons. The lowest BCUT2D eigenvalue weighted by atomic mass is 10.1. The fourth-order valence-corrected chi connectivity index (χ4v) is 1.66. The van der Waals surface area contributed by atoms with Gasteiger partial charge >= 0.3 is 0 Å². The first-order valence-electron chi connectivity index (χ1n) is 5.33. The average molecular weight is 203 g/mol. The number of ether oxygens (including phenoxy) is 1. The number of benzene rings is 1. The maximum Gasteiger partial charge on any atom is 0.0710 e. The Kier molecular flexibility index (Phi) is 3.07. The van der Waals surface area contributed by atoms with E-state index in [1.807, 2.05) is 0 Å². The number of hydrogen-bond acceptors (Lipinski definition) is 2. The Labute approximate surface area is 91.0 Å². The van der Waals surface area contributed by atoms with Gasteiger partial charge in [-0.15, -0.1) is 0 Å². The maximum absolute atomic E-state index is 5.41. The molecule has 1 N–H and O–H groups in total. The van der Waals surface area contributed by atoms with Crippen molar-refractivity contribution in [2.75, 3.05) is 18.5 Å². The Bertz CT molecular complexity index is 353. The highest BCUT2D eigenvalue weighted by Gasteiger charge is 2.13. The highest BCUT2D eigenvalue weighted by atomic mass is 16.5. The maximum atomic E-state index is 5.41. The Morgan fingerprint density at radius 2 is 1.93 bits per heavy atom. The SMILES string of the molecule is CC1=CCOCC1Nc1ccc(C)cc1. The predicted octanol–water partition coefficient (Wildman–Crippen LogP) is 2.75. The van der Waals surface area contributed by atoms with Crippen molar-refractivity contribution < 1.29 is 4.74 Å². The van der Waals surface area contributed by atoms with E-state index in [4.69, 9.17) is 4.74 Å². The Hall–Kier alpha value is -1.28.